The minimum Gasteiger partial charge on any atom is -0.488 e. The van der Waals surface area contributed by atoms with Gasteiger partial charge in [-0.25, -0.2) is 8.78 Å². The summed E-state index contributed by atoms with van der Waals surface area (Å²) in [5.41, 5.74) is 3.12. The number of nitrogens with zero attached hydrogens (tertiary/aromatic N) is 3. The zero-order chi connectivity index (χ0) is 24.1. The third-order valence-corrected chi connectivity index (χ3v) is 7.94. The smallest absolute Gasteiger partial charge is 0.133 e. The molecule has 2 aromatic carbocycles. The zero-order valence-electron chi connectivity index (χ0n) is 19.9. The van der Waals surface area contributed by atoms with Gasteiger partial charge in [0.25, 0.3) is 0 Å². The van der Waals surface area contributed by atoms with Crippen LogP contribution in [-0.2, 0) is 6.54 Å². The number of hydrogen-bond acceptors (Lipinski definition) is 4. The van der Waals surface area contributed by atoms with Crippen molar-refractivity contribution in [2.45, 2.75) is 50.3 Å². The van der Waals surface area contributed by atoms with Gasteiger partial charge in [-0.15, -0.1) is 0 Å². The van der Waals surface area contributed by atoms with Crippen LogP contribution in [0.5, 0.6) is 5.75 Å². The van der Waals surface area contributed by atoms with E-state index in [-0.39, 0.29) is 30.1 Å². The molecule has 1 saturated carbocycles. The summed E-state index contributed by atoms with van der Waals surface area (Å²) in [5.74, 6) is -0.692. The zero-order valence-corrected chi connectivity index (χ0v) is 19.9. The van der Waals surface area contributed by atoms with Gasteiger partial charge in [0.15, 0.2) is 0 Å². The van der Waals surface area contributed by atoms with Crippen molar-refractivity contribution in [3.63, 3.8) is 0 Å². The molecular formula is C27H31F3N4O. The molecule has 1 saturated heterocycles. The molecule has 3 aliphatic rings. The molecule has 0 spiro atoms. The Hall–Kier alpha value is -2.58. The summed E-state index contributed by atoms with van der Waals surface area (Å²) in [6.07, 6.45) is 5.47. The van der Waals surface area contributed by atoms with E-state index < -0.39 is 17.6 Å². The molecule has 1 aliphatic carbocycles. The van der Waals surface area contributed by atoms with Crippen LogP contribution in [0.25, 0.3) is 10.9 Å². The van der Waals surface area contributed by atoms with Crippen molar-refractivity contribution in [2.75, 3.05) is 33.4 Å². The molecule has 5 nitrogen and oxygen atoms in total. The van der Waals surface area contributed by atoms with Gasteiger partial charge >= 0.3 is 0 Å². The Labute approximate surface area is 203 Å². The van der Waals surface area contributed by atoms with Crippen LogP contribution in [0.2, 0.25) is 0 Å². The highest BCUT2D eigenvalue weighted by Crippen LogP contribution is 2.47. The summed E-state index contributed by atoms with van der Waals surface area (Å²) in [5, 5.41) is 8.21. The average molecular weight is 485 g/mol. The molecule has 6 rings (SSSR count). The number of nitrogens with one attached hydrogen (secondary N) is 1. The number of H-pyrrole nitrogens is 1. The standard InChI is InChI=1S/C27H31F3N4O/c1-33-15-21-19(5-6-24-20(21)12-31-32-24)26(25(33)9-16-3-4-16)27-22(29)10-17(11-23(27)30)35-18-13-34(14-18)8-2-7-28/h5-6,10-12,16,18,25-26H,2-4,7-9,13-15H2,1H3,(H,31,32)/t25-,26+/m0/s1. The predicted molar refractivity (Wildman–Crippen MR) is 128 cm³/mol. The van der Waals surface area contributed by atoms with Crippen LogP contribution >= 0.6 is 0 Å². The summed E-state index contributed by atoms with van der Waals surface area (Å²) in [4.78, 5) is 4.33. The van der Waals surface area contributed by atoms with Crippen LogP contribution < -0.4 is 4.74 Å². The summed E-state index contributed by atoms with van der Waals surface area (Å²) in [7, 11) is 2.06. The van der Waals surface area contributed by atoms with E-state index >= 15 is 8.78 Å². The number of aromatic amines is 1. The Balaban J connectivity index is 1.32. The molecule has 1 aromatic heterocycles. The average Bonchev–Trinajstić information content (AvgIpc) is 3.49. The van der Waals surface area contributed by atoms with Gasteiger partial charge in [0.1, 0.15) is 23.5 Å². The van der Waals surface area contributed by atoms with Crippen LogP contribution in [0.4, 0.5) is 13.2 Å². The SMILES string of the molecule is CN1Cc2c(ccc3[nH]ncc23)[C@@H](c2c(F)cc(OC3CN(CCCF)C3)cc2F)[C@@H]1CC1CC1. The monoisotopic (exact) mass is 484 g/mol. The first-order valence-corrected chi connectivity index (χ1v) is 12.6. The summed E-state index contributed by atoms with van der Waals surface area (Å²) in [6, 6.07) is 6.66. The molecule has 2 atom stereocenters. The van der Waals surface area contributed by atoms with Crippen molar-refractivity contribution in [3.8, 4) is 5.75 Å². The molecule has 1 N–H and O–H groups in total. The third kappa shape index (κ3) is 4.31. The van der Waals surface area contributed by atoms with E-state index in [2.05, 4.69) is 27.0 Å². The molecule has 35 heavy (non-hydrogen) atoms. The number of rotatable bonds is 8. The number of benzene rings is 2. The molecule has 0 bridgehead atoms. The fraction of sp³-hybridized carbons (Fsp3) is 0.519. The Morgan fingerprint density at radius 2 is 1.91 bits per heavy atom. The van der Waals surface area contributed by atoms with Crippen molar-refractivity contribution in [2.24, 2.45) is 5.92 Å². The molecular weight excluding hydrogens is 453 g/mol. The quantitative estimate of drug-likeness (QED) is 0.488. The van der Waals surface area contributed by atoms with E-state index in [1.54, 1.807) is 6.20 Å². The Morgan fingerprint density at radius 1 is 1.14 bits per heavy atom. The second kappa shape index (κ2) is 9.13. The van der Waals surface area contributed by atoms with E-state index in [9.17, 15) is 4.39 Å². The Bertz CT molecular complexity index is 1200. The van der Waals surface area contributed by atoms with Crippen molar-refractivity contribution in [1.82, 2.24) is 20.0 Å². The highest BCUT2D eigenvalue weighted by atomic mass is 19.1. The van der Waals surface area contributed by atoms with Crippen LogP contribution in [0.3, 0.4) is 0 Å². The maximum atomic E-state index is 15.7. The second-order valence-electron chi connectivity index (χ2n) is 10.4. The number of likely N-dealkylation sites (tertiary alicyclic amines) is 1. The number of aromatic nitrogens is 2. The van der Waals surface area contributed by atoms with Crippen molar-refractivity contribution < 1.29 is 17.9 Å². The summed E-state index contributed by atoms with van der Waals surface area (Å²) in [6.45, 7) is 2.36. The number of alkyl halides is 1. The summed E-state index contributed by atoms with van der Waals surface area (Å²) < 4.78 is 49.6. The molecule has 8 heteroatoms. The molecule has 3 aromatic rings. The fourth-order valence-corrected chi connectivity index (χ4v) is 5.93. The first kappa shape index (κ1) is 22.9. The first-order chi connectivity index (χ1) is 17.0. The topological polar surface area (TPSA) is 44.4 Å². The van der Waals surface area contributed by atoms with E-state index in [4.69, 9.17) is 4.74 Å². The van der Waals surface area contributed by atoms with Crippen LogP contribution in [0.1, 0.15) is 48.3 Å². The first-order valence-electron chi connectivity index (χ1n) is 12.6. The predicted octanol–water partition coefficient (Wildman–Crippen LogP) is 5.01. The van der Waals surface area contributed by atoms with Crippen LogP contribution in [0.15, 0.2) is 30.5 Å². The number of likely N-dealkylation sites (N-methyl/N-ethyl adjacent to an activating group) is 1. The molecule has 0 unspecified atom stereocenters. The van der Waals surface area contributed by atoms with Gasteiger partial charge in [0.2, 0.25) is 0 Å². The third-order valence-electron chi connectivity index (χ3n) is 7.94. The largest absolute Gasteiger partial charge is 0.488 e. The number of fused-ring (bicyclic) bond motifs is 3. The lowest BCUT2D eigenvalue weighted by molar-refractivity contribution is 0.0180. The number of halogens is 3. The van der Waals surface area contributed by atoms with Gasteiger partial charge in [-0.1, -0.05) is 18.9 Å². The normalized spacial score (nSPS) is 23.4. The number of ether oxygens (including phenoxy) is 1. The highest BCUT2D eigenvalue weighted by molar-refractivity contribution is 5.83. The van der Waals surface area contributed by atoms with E-state index in [0.29, 0.717) is 32.0 Å². The molecule has 0 amide bonds. The van der Waals surface area contributed by atoms with E-state index in [0.717, 1.165) is 35.0 Å². The van der Waals surface area contributed by atoms with Gasteiger partial charge in [0.05, 0.1) is 18.4 Å². The lowest BCUT2D eigenvalue weighted by Crippen LogP contribution is -2.53. The highest BCUT2D eigenvalue weighted by Gasteiger charge is 2.41. The molecule has 3 heterocycles. The Kier molecular flexibility index (Phi) is 5.96. The van der Waals surface area contributed by atoms with Crippen molar-refractivity contribution in [1.29, 1.82) is 0 Å². The second-order valence-corrected chi connectivity index (χ2v) is 10.4. The number of hydrogen-bond donors (Lipinski definition) is 1. The van der Waals surface area contributed by atoms with Crippen LogP contribution in [-0.4, -0.2) is 65.5 Å². The molecule has 186 valence electrons. The van der Waals surface area contributed by atoms with Gasteiger partial charge < -0.3 is 4.74 Å². The maximum absolute atomic E-state index is 15.7. The van der Waals surface area contributed by atoms with Gasteiger partial charge in [-0.05, 0) is 43.0 Å². The lowest BCUT2D eigenvalue weighted by atomic mass is 9.76. The van der Waals surface area contributed by atoms with E-state index in [1.807, 2.05) is 12.1 Å². The van der Waals surface area contributed by atoms with Crippen LogP contribution in [0, 0.1) is 17.6 Å². The van der Waals surface area contributed by atoms with E-state index in [1.165, 1.54) is 25.0 Å². The Morgan fingerprint density at radius 3 is 2.63 bits per heavy atom. The molecule has 2 fully saturated rings. The van der Waals surface area contributed by atoms with Gasteiger partial charge in [-0.2, -0.15) is 5.10 Å². The molecule has 2 aliphatic heterocycles. The summed E-state index contributed by atoms with van der Waals surface area (Å²) >= 11 is 0. The molecule has 0 radical (unpaired) electrons. The minimum atomic E-state index is -0.562. The minimum absolute atomic E-state index is 0.0193. The lowest BCUT2D eigenvalue weighted by Gasteiger charge is -2.42. The maximum Gasteiger partial charge on any atom is 0.133 e. The van der Waals surface area contributed by atoms with Crippen molar-refractivity contribution >= 4 is 10.9 Å². The van der Waals surface area contributed by atoms with Gasteiger partial charge in [-0.3, -0.25) is 19.3 Å². The van der Waals surface area contributed by atoms with Crippen molar-refractivity contribution in [3.05, 3.63) is 58.8 Å². The van der Waals surface area contributed by atoms with Gasteiger partial charge in [0, 0.05) is 61.2 Å². The fourth-order valence-electron chi connectivity index (χ4n) is 5.93.